The van der Waals surface area contributed by atoms with Crippen LogP contribution in [0.2, 0.25) is 0 Å². The zero-order chi connectivity index (χ0) is 13.2. The lowest BCUT2D eigenvalue weighted by atomic mass is 10.1. The topological polar surface area (TPSA) is 41.1 Å². The van der Waals surface area contributed by atoms with Crippen LogP contribution in [0.25, 0.3) is 0 Å². The number of benzene rings is 1. The first-order chi connectivity index (χ1) is 8.47. The van der Waals surface area contributed by atoms with E-state index in [0.717, 1.165) is 24.7 Å². The van der Waals surface area contributed by atoms with Crippen molar-refractivity contribution in [3.8, 4) is 0 Å². The molecule has 0 bridgehead atoms. The van der Waals surface area contributed by atoms with Crippen LogP contribution in [0.4, 0.5) is 5.69 Å². The Labute approximate surface area is 109 Å². The third kappa shape index (κ3) is 3.57. The number of hydrogen-bond acceptors (Lipinski definition) is 2. The minimum atomic E-state index is -0.0307. The molecule has 18 heavy (non-hydrogen) atoms. The molecule has 3 heteroatoms. The van der Waals surface area contributed by atoms with E-state index < -0.39 is 0 Å². The predicted octanol–water partition coefficient (Wildman–Crippen LogP) is 2.78. The van der Waals surface area contributed by atoms with Gasteiger partial charge in [0.15, 0.2) is 0 Å². The van der Waals surface area contributed by atoms with Gasteiger partial charge < -0.3 is 10.6 Å². The monoisotopic (exact) mass is 246 g/mol. The summed E-state index contributed by atoms with van der Waals surface area (Å²) >= 11 is 0. The highest BCUT2D eigenvalue weighted by atomic mass is 16.1. The van der Waals surface area contributed by atoms with Gasteiger partial charge in [-0.1, -0.05) is 26.0 Å². The van der Waals surface area contributed by atoms with Crippen molar-refractivity contribution in [2.45, 2.75) is 33.7 Å². The Balaban J connectivity index is 1.75. The second kappa shape index (κ2) is 5.11. The number of nitrogens with one attached hydrogen (secondary N) is 2. The van der Waals surface area contributed by atoms with E-state index in [0.29, 0.717) is 5.41 Å². The van der Waals surface area contributed by atoms with Crippen LogP contribution in [0.3, 0.4) is 0 Å². The number of rotatable bonds is 5. The normalized spacial score (nSPS) is 20.5. The van der Waals surface area contributed by atoms with Crippen LogP contribution in [0, 0.1) is 11.3 Å². The van der Waals surface area contributed by atoms with Crippen molar-refractivity contribution in [1.82, 2.24) is 5.32 Å². The van der Waals surface area contributed by atoms with Gasteiger partial charge >= 0.3 is 0 Å². The standard InChI is InChI=1S/C15H22N2O/c1-11(18)17-14-6-4-12(5-7-14)9-16-10-13-8-15(13,2)3/h4-7,13,16H,8-10H2,1-3H3,(H,17,18). The Morgan fingerprint density at radius 3 is 2.44 bits per heavy atom. The Morgan fingerprint density at radius 2 is 1.94 bits per heavy atom. The van der Waals surface area contributed by atoms with Crippen molar-refractivity contribution in [2.75, 3.05) is 11.9 Å². The first-order valence-corrected chi connectivity index (χ1v) is 6.54. The second-order valence-corrected chi connectivity index (χ2v) is 5.90. The van der Waals surface area contributed by atoms with Crippen LogP contribution in [-0.2, 0) is 11.3 Å². The zero-order valence-electron chi connectivity index (χ0n) is 11.4. The fraction of sp³-hybridized carbons (Fsp3) is 0.533. The molecule has 0 aliphatic heterocycles. The molecule has 2 N–H and O–H groups in total. The van der Waals surface area contributed by atoms with Gasteiger partial charge in [0.05, 0.1) is 0 Å². The zero-order valence-corrected chi connectivity index (χ0v) is 11.4. The highest BCUT2D eigenvalue weighted by Gasteiger charge is 2.44. The average Bonchev–Trinajstić information content (AvgIpc) is 2.88. The van der Waals surface area contributed by atoms with Crippen molar-refractivity contribution in [1.29, 1.82) is 0 Å². The molecule has 1 atom stereocenters. The third-order valence-corrected chi connectivity index (χ3v) is 3.71. The summed E-state index contributed by atoms with van der Waals surface area (Å²) in [6.45, 7) is 8.16. The molecule has 1 fully saturated rings. The molecule has 0 spiro atoms. The molecule has 1 aliphatic rings. The maximum Gasteiger partial charge on any atom is 0.221 e. The molecule has 1 aromatic rings. The molecule has 1 amide bonds. The summed E-state index contributed by atoms with van der Waals surface area (Å²) in [7, 11) is 0. The maximum atomic E-state index is 10.9. The third-order valence-electron chi connectivity index (χ3n) is 3.71. The first-order valence-electron chi connectivity index (χ1n) is 6.54. The van der Waals surface area contributed by atoms with Gasteiger partial charge in [-0.25, -0.2) is 0 Å². The number of anilines is 1. The lowest BCUT2D eigenvalue weighted by molar-refractivity contribution is -0.114. The molecule has 3 nitrogen and oxygen atoms in total. The maximum absolute atomic E-state index is 10.9. The van der Waals surface area contributed by atoms with E-state index in [1.165, 1.54) is 18.9 Å². The Kier molecular flexibility index (Phi) is 3.71. The van der Waals surface area contributed by atoms with E-state index in [9.17, 15) is 4.79 Å². The molecule has 1 aliphatic carbocycles. The lowest BCUT2D eigenvalue weighted by Crippen LogP contribution is -2.18. The Bertz CT molecular complexity index is 423. The van der Waals surface area contributed by atoms with Crippen molar-refractivity contribution in [3.63, 3.8) is 0 Å². The lowest BCUT2D eigenvalue weighted by Gasteiger charge is -2.07. The van der Waals surface area contributed by atoms with Crippen molar-refractivity contribution in [2.24, 2.45) is 11.3 Å². The Hall–Kier alpha value is -1.35. The fourth-order valence-electron chi connectivity index (χ4n) is 2.22. The van der Waals surface area contributed by atoms with E-state index >= 15 is 0 Å². The van der Waals surface area contributed by atoms with Crippen molar-refractivity contribution < 1.29 is 4.79 Å². The van der Waals surface area contributed by atoms with Gasteiger partial charge in [0.25, 0.3) is 0 Å². The van der Waals surface area contributed by atoms with Crippen LogP contribution in [-0.4, -0.2) is 12.5 Å². The van der Waals surface area contributed by atoms with E-state index in [4.69, 9.17) is 0 Å². The first kappa shape index (κ1) is 13.1. The fourth-order valence-corrected chi connectivity index (χ4v) is 2.22. The summed E-state index contributed by atoms with van der Waals surface area (Å²) in [6, 6.07) is 7.99. The molecule has 2 rings (SSSR count). The summed E-state index contributed by atoms with van der Waals surface area (Å²) < 4.78 is 0. The average molecular weight is 246 g/mol. The van der Waals surface area contributed by atoms with Crippen LogP contribution < -0.4 is 10.6 Å². The highest BCUT2D eigenvalue weighted by Crippen LogP contribution is 2.50. The quantitative estimate of drug-likeness (QED) is 0.838. The summed E-state index contributed by atoms with van der Waals surface area (Å²) in [5.41, 5.74) is 2.65. The smallest absolute Gasteiger partial charge is 0.221 e. The number of hydrogen-bond donors (Lipinski definition) is 2. The van der Waals surface area contributed by atoms with E-state index in [1.54, 1.807) is 0 Å². The number of carbonyl (C=O) groups is 1. The molecule has 0 aromatic heterocycles. The van der Waals surface area contributed by atoms with Crippen LogP contribution in [0.5, 0.6) is 0 Å². The molecule has 0 radical (unpaired) electrons. The molecule has 98 valence electrons. The number of carbonyl (C=O) groups excluding carboxylic acids is 1. The molecule has 0 heterocycles. The van der Waals surface area contributed by atoms with Crippen LogP contribution >= 0.6 is 0 Å². The van der Waals surface area contributed by atoms with Crippen molar-refractivity contribution >= 4 is 11.6 Å². The molecule has 1 saturated carbocycles. The van der Waals surface area contributed by atoms with Gasteiger partial charge in [0.2, 0.25) is 5.91 Å². The number of amides is 1. The largest absolute Gasteiger partial charge is 0.326 e. The molecule has 0 saturated heterocycles. The van der Waals surface area contributed by atoms with Gasteiger partial charge in [-0.2, -0.15) is 0 Å². The van der Waals surface area contributed by atoms with Crippen LogP contribution in [0.15, 0.2) is 24.3 Å². The minimum absolute atomic E-state index is 0.0307. The summed E-state index contributed by atoms with van der Waals surface area (Å²) in [6.07, 6.45) is 1.33. The van der Waals surface area contributed by atoms with Gasteiger partial charge in [0.1, 0.15) is 0 Å². The molecule has 1 unspecified atom stereocenters. The van der Waals surface area contributed by atoms with Crippen LogP contribution in [0.1, 0.15) is 32.8 Å². The van der Waals surface area contributed by atoms with Gasteiger partial charge in [0, 0.05) is 19.2 Å². The second-order valence-electron chi connectivity index (χ2n) is 5.90. The summed E-state index contributed by atoms with van der Waals surface area (Å²) in [5.74, 6) is 0.799. The highest BCUT2D eigenvalue weighted by molar-refractivity contribution is 5.88. The minimum Gasteiger partial charge on any atom is -0.326 e. The molecule has 1 aromatic carbocycles. The summed E-state index contributed by atoms with van der Waals surface area (Å²) in [5, 5.41) is 6.26. The van der Waals surface area contributed by atoms with E-state index in [2.05, 4.69) is 36.6 Å². The molecular weight excluding hydrogens is 224 g/mol. The van der Waals surface area contributed by atoms with E-state index in [-0.39, 0.29) is 5.91 Å². The summed E-state index contributed by atoms with van der Waals surface area (Å²) in [4.78, 5) is 10.9. The molecular formula is C15H22N2O. The Morgan fingerprint density at radius 1 is 1.33 bits per heavy atom. The predicted molar refractivity (Wildman–Crippen MR) is 74.3 cm³/mol. The van der Waals surface area contributed by atoms with Gasteiger partial charge in [-0.15, -0.1) is 0 Å². The van der Waals surface area contributed by atoms with Crippen molar-refractivity contribution in [3.05, 3.63) is 29.8 Å². The van der Waals surface area contributed by atoms with Gasteiger partial charge in [-0.05, 0) is 42.0 Å². The SMILES string of the molecule is CC(=O)Nc1ccc(CNCC2CC2(C)C)cc1. The van der Waals surface area contributed by atoms with Gasteiger partial charge in [-0.3, -0.25) is 4.79 Å². The van der Waals surface area contributed by atoms with E-state index in [1.807, 2.05) is 12.1 Å².